The van der Waals surface area contributed by atoms with E-state index in [-0.39, 0.29) is 0 Å². The molecule has 0 radical (unpaired) electrons. The summed E-state index contributed by atoms with van der Waals surface area (Å²) in [5, 5.41) is 3.47. The molecule has 25 heavy (non-hydrogen) atoms. The van der Waals surface area contributed by atoms with Gasteiger partial charge in [0.25, 0.3) is 0 Å². The first-order valence-electron chi connectivity index (χ1n) is 8.73. The molecule has 1 aliphatic rings. The Hall–Kier alpha value is -1.66. The second-order valence-corrected chi connectivity index (χ2v) is 7.55. The molecule has 1 aromatic carbocycles. The first kappa shape index (κ1) is 18.1. The summed E-state index contributed by atoms with van der Waals surface area (Å²) < 4.78 is 6.58. The lowest BCUT2D eigenvalue weighted by Gasteiger charge is -2.31. The molecule has 134 valence electrons. The highest BCUT2D eigenvalue weighted by atomic mass is 79.9. The van der Waals surface area contributed by atoms with Crippen LogP contribution in [-0.4, -0.2) is 36.3 Å². The van der Waals surface area contributed by atoms with Crippen LogP contribution in [0.2, 0.25) is 0 Å². The standard InChI is InChI=1S/C19H25BrN4O/c1-13(2)19-22-14(3)10-18(23-19)21-12-15-4-5-16(20)11-17(15)24-6-8-25-9-7-24/h4-5,10-11,13H,6-9,12H2,1-3H3,(H,21,22,23). The molecular weight excluding hydrogens is 380 g/mol. The van der Waals surface area contributed by atoms with E-state index in [0.29, 0.717) is 5.92 Å². The Morgan fingerprint density at radius 2 is 1.96 bits per heavy atom. The monoisotopic (exact) mass is 404 g/mol. The number of aromatic nitrogens is 2. The molecule has 3 rings (SSSR count). The molecule has 0 saturated carbocycles. The van der Waals surface area contributed by atoms with E-state index in [0.717, 1.165) is 54.7 Å². The fraction of sp³-hybridized carbons (Fsp3) is 0.474. The highest BCUT2D eigenvalue weighted by Gasteiger charge is 2.15. The van der Waals surface area contributed by atoms with Crippen LogP contribution in [0.4, 0.5) is 11.5 Å². The SMILES string of the molecule is Cc1cc(NCc2ccc(Br)cc2N2CCOCC2)nc(C(C)C)n1. The fourth-order valence-electron chi connectivity index (χ4n) is 2.91. The van der Waals surface area contributed by atoms with Gasteiger partial charge in [0, 0.05) is 47.5 Å². The number of hydrogen-bond acceptors (Lipinski definition) is 5. The third-order valence-corrected chi connectivity index (χ3v) is 4.74. The van der Waals surface area contributed by atoms with Gasteiger partial charge in [0.2, 0.25) is 0 Å². The molecule has 0 spiro atoms. The number of morpholine rings is 1. The third kappa shape index (κ3) is 4.70. The number of benzene rings is 1. The van der Waals surface area contributed by atoms with Crippen molar-refractivity contribution in [3.8, 4) is 0 Å². The van der Waals surface area contributed by atoms with Crippen LogP contribution < -0.4 is 10.2 Å². The topological polar surface area (TPSA) is 50.3 Å². The van der Waals surface area contributed by atoms with Crippen molar-refractivity contribution in [1.82, 2.24) is 9.97 Å². The van der Waals surface area contributed by atoms with Crippen molar-refractivity contribution in [3.05, 3.63) is 45.8 Å². The van der Waals surface area contributed by atoms with E-state index in [1.165, 1.54) is 11.3 Å². The van der Waals surface area contributed by atoms with Crippen molar-refractivity contribution in [1.29, 1.82) is 0 Å². The predicted molar refractivity (Wildman–Crippen MR) is 105 cm³/mol. The first-order chi connectivity index (χ1) is 12.0. The van der Waals surface area contributed by atoms with E-state index in [1.54, 1.807) is 0 Å². The van der Waals surface area contributed by atoms with Crippen LogP contribution in [0.15, 0.2) is 28.7 Å². The van der Waals surface area contributed by atoms with Crippen molar-refractivity contribution < 1.29 is 4.74 Å². The quantitative estimate of drug-likeness (QED) is 0.811. The molecule has 0 atom stereocenters. The number of nitrogens with one attached hydrogen (secondary N) is 1. The summed E-state index contributed by atoms with van der Waals surface area (Å²) in [5.74, 6) is 2.08. The minimum Gasteiger partial charge on any atom is -0.378 e. The summed E-state index contributed by atoms with van der Waals surface area (Å²) in [6.07, 6.45) is 0. The number of rotatable bonds is 5. The van der Waals surface area contributed by atoms with Crippen LogP contribution in [0.1, 0.15) is 36.8 Å². The Balaban J connectivity index is 1.79. The number of hydrogen-bond donors (Lipinski definition) is 1. The average Bonchev–Trinajstić information content (AvgIpc) is 2.61. The van der Waals surface area contributed by atoms with E-state index in [9.17, 15) is 0 Å². The van der Waals surface area contributed by atoms with Crippen molar-refractivity contribution in [2.75, 3.05) is 36.5 Å². The van der Waals surface area contributed by atoms with Gasteiger partial charge in [-0.1, -0.05) is 35.8 Å². The Morgan fingerprint density at radius 1 is 1.20 bits per heavy atom. The molecular formula is C19H25BrN4O. The van der Waals surface area contributed by atoms with Crippen LogP contribution >= 0.6 is 15.9 Å². The van der Waals surface area contributed by atoms with Crippen LogP contribution in [-0.2, 0) is 11.3 Å². The maximum Gasteiger partial charge on any atom is 0.133 e. The second kappa shape index (κ2) is 8.15. The van der Waals surface area contributed by atoms with E-state index < -0.39 is 0 Å². The zero-order chi connectivity index (χ0) is 17.8. The van der Waals surface area contributed by atoms with Gasteiger partial charge in [-0.2, -0.15) is 0 Å². The molecule has 2 heterocycles. The van der Waals surface area contributed by atoms with Crippen molar-refractivity contribution >= 4 is 27.4 Å². The number of ether oxygens (including phenoxy) is 1. The van der Waals surface area contributed by atoms with Gasteiger partial charge in [0.05, 0.1) is 13.2 Å². The average molecular weight is 405 g/mol. The molecule has 1 aromatic heterocycles. The summed E-state index contributed by atoms with van der Waals surface area (Å²) >= 11 is 3.60. The Kier molecular flexibility index (Phi) is 5.91. The lowest BCUT2D eigenvalue weighted by Crippen LogP contribution is -2.36. The highest BCUT2D eigenvalue weighted by Crippen LogP contribution is 2.27. The zero-order valence-electron chi connectivity index (χ0n) is 15.1. The van der Waals surface area contributed by atoms with Gasteiger partial charge in [0.1, 0.15) is 11.6 Å². The molecule has 1 saturated heterocycles. The number of aryl methyl sites for hydroxylation is 1. The van der Waals surface area contributed by atoms with Gasteiger partial charge >= 0.3 is 0 Å². The normalized spacial score (nSPS) is 14.8. The summed E-state index contributed by atoms with van der Waals surface area (Å²) in [5.41, 5.74) is 3.50. The number of halogens is 1. The van der Waals surface area contributed by atoms with E-state index in [2.05, 4.69) is 68.2 Å². The molecule has 0 bridgehead atoms. The van der Waals surface area contributed by atoms with Gasteiger partial charge in [-0.3, -0.25) is 0 Å². The molecule has 5 nitrogen and oxygen atoms in total. The van der Waals surface area contributed by atoms with Crippen molar-refractivity contribution in [3.63, 3.8) is 0 Å². The van der Waals surface area contributed by atoms with Gasteiger partial charge in [0.15, 0.2) is 0 Å². The van der Waals surface area contributed by atoms with Crippen molar-refractivity contribution in [2.24, 2.45) is 0 Å². The van der Waals surface area contributed by atoms with Gasteiger partial charge in [-0.25, -0.2) is 9.97 Å². The number of nitrogens with zero attached hydrogens (tertiary/aromatic N) is 3. The third-order valence-electron chi connectivity index (χ3n) is 4.25. The molecule has 0 amide bonds. The minimum absolute atomic E-state index is 0.317. The highest BCUT2D eigenvalue weighted by molar-refractivity contribution is 9.10. The summed E-state index contributed by atoms with van der Waals surface area (Å²) in [4.78, 5) is 11.5. The first-order valence-corrected chi connectivity index (χ1v) is 9.53. The Labute approximate surface area is 157 Å². The molecule has 0 unspecified atom stereocenters. The smallest absolute Gasteiger partial charge is 0.133 e. The zero-order valence-corrected chi connectivity index (χ0v) is 16.6. The van der Waals surface area contributed by atoms with Crippen LogP contribution in [0, 0.1) is 6.92 Å². The summed E-state index contributed by atoms with van der Waals surface area (Å²) in [6, 6.07) is 8.44. The lowest BCUT2D eigenvalue weighted by atomic mass is 10.1. The summed E-state index contributed by atoms with van der Waals surface area (Å²) in [6.45, 7) is 10.4. The number of anilines is 2. The molecule has 1 N–H and O–H groups in total. The van der Waals surface area contributed by atoms with Crippen LogP contribution in [0.25, 0.3) is 0 Å². The van der Waals surface area contributed by atoms with E-state index in [4.69, 9.17) is 4.74 Å². The Bertz CT molecular complexity index is 729. The Morgan fingerprint density at radius 3 is 2.68 bits per heavy atom. The minimum atomic E-state index is 0.317. The maximum absolute atomic E-state index is 5.48. The van der Waals surface area contributed by atoms with Crippen LogP contribution in [0.5, 0.6) is 0 Å². The van der Waals surface area contributed by atoms with Gasteiger partial charge in [-0.15, -0.1) is 0 Å². The van der Waals surface area contributed by atoms with Gasteiger partial charge in [-0.05, 0) is 24.6 Å². The largest absolute Gasteiger partial charge is 0.378 e. The predicted octanol–water partition coefficient (Wildman–Crippen LogP) is 4.12. The fourth-order valence-corrected chi connectivity index (χ4v) is 3.26. The molecule has 6 heteroatoms. The molecule has 0 aliphatic carbocycles. The second-order valence-electron chi connectivity index (χ2n) is 6.63. The summed E-state index contributed by atoms with van der Waals surface area (Å²) in [7, 11) is 0. The molecule has 2 aromatic rings. The molecule has 1 fully saturated rings. The lowest BCUT2D eigenvalue weighted by molar-refractivity contribution is 0.122. The maximum atomic E-state index is 5.48. The van der Waals surface area contributed by atoms with E-state index >= 15 is 0 Å². The van der Waals surface area contributed by atoms with E-state index in [1.807, 2.05) is 13.0 Å². The molecule has 1 aliphatic heterocycles. The van der Waals surface area contributed by atoms with Gasteiger partial charge < -0.3 is 15.0 Å². The van der Waals surface area contributed by atoms with Crippen LogP contribution in [0.3, 0.4) is 0 Å². The van der Waals surface area contributed by atoms with Crippen molar-refractivity contribution in [2.45, 2.75) is 33.2 Å².